The van der Waals surface area contributed by atoms with Crippen LogP contribution in [-0.2, 0) is 20.0 Å². The summed E-state index contributed by atoms with van der Waals surface area (Å²) in [7, 11) is -5.87. The van der Waals surface area contributed by atoms with E-state index in [1.54, 1.807) is 12.1 Å². The molecule has 0 bridgehead atoms. The predicted molar refractivity (Wildman–Crippen MR) is 95.0 cm³/mol. The SMILES string of the molecule is COc1ccc(Br)cc1S(=O)(=O)N[C@@H]1CCCC[C@H]1NS(C)(=O)=O. The zero-order chi connectivity index (χ0) is 18.0. The fourth-order valence-electron chi connectivity index (χ4n) is 2.81. The molecule has 2 rings (SSSR count). The normalized spacial score (nSPS) is 22.3. The molecule has 2 N–H and O–H groups in total. The number of ether oxygens (including phenoxy) is 1. The smallest absolute Gasteiger partial charge is 0.244 e. The van der Waals surface area contributed by atoms with Crippen LogP contribution in [0.2, 0.25) is 0 Å². The minimum absolute atomic E-state index is 0.0167. The molecule has 7 nitrogen and oxygen atoms in total. The molecule has 24 heavy (non-hydrogen) atoms. The van der Waals surface area contributed by atoms with Crippen LogP contribution in [0.4, 0.5) is 0 Å². The van der Waals surface area contributed by atoms with Crippen LogP contribution in [0, 0.1) is 0 Å². The van der Waals surface area contributed by atoms with Gasteiger partial charge in [-0.15, -0.1) is 0 Å². The van der Waals surface area contributed by atoms with Crippen LogP contribution >= 0.6 is 15.9 Å². The molecular weight excluding hydrogens is 420 g/mol. The zero-order valence-corrected chi connectivity index (χ0v) is 16.7. The van der Waals surface area contributed by atoms with E-state index in [1.165, 1.54) is 13.2 Å². The second-order valence-electron chi connectivity index (χ2n) is 5.80. The van der Waals surface area contributed by atoms with Crippen molar-refractivity contribution in [2.75, 3.05) is 13.4 Å². The van der Waals surface area contributed by atoms with E-state index >= 15 is 0 Å². The van der Waals surface area contributed by atoms with Gasteiger partial charge in [0.05, 0.1) is 13.4 Å². The number of hydrogen-bond acceptors (Lipinski definition) is 5. The first kappa shape index (κ1) is 19.6. The third-order valence-corrected chi connectivity index (χ3v) is 6.59. The molecule has 0 radical (unpaired) electrons. The first-order valence-corrected chi connectivity index (χ1v) is 11.6. The van der Waals surface area contributed by atoms with Crippen LogP contribution in [0.5, 0.6) is 5.75 Å². The summed E-state index contributed by atoms with van der Waals surface area (Å²) in [6, 6.07) is 3.75. The summed E-state index contributed by atoms with van der Waals surface area (Å²) < 4.78 is 59.4. The van der Waals surface area contributed by atoms with Gasteiger partial charge in [-0.2, -0.15) is 0 Å². The Kier molecular flexibility index (Phi) is 6.29. The van der Waals surface area contributed by atoms with Gasteiger partial charge in [-0.25, -0.2) is 26.3 Å². The molecule has 1 aliphatic rings. The second kappa shape index (κ2) is 7.69. The van der Waals surface area contributed by atoms with Gasteiger partial charge in [0.25, 0.3) is 0 Å². The predicted octanol–water partition coefficient (Wildman–Crippen LogP) is 1.60. The number of hydrogen-bond donors (Lipinski definition) is 2. The lowest BCUT2D eigenvalue weighted by Gasteiger charge is -2.32. The molecule has 1 aliphatic carbocycles. The molecule has 0 aliphatic heterocycles. The standard InChI is InChI=1S/C14H21BrN2O5S2/c1-22-13-8-7-10(15)9-14(13)24(20,21)17-12-6-4-3-5-11(12)16-23(2,18)19/h7-9,11-12,16-17H,3-6H2,1-2H3/t11-,12-/m1/s1. The lowest BCUT2D eigenvalue weighted by atomic mass is 9.92. The molecule has 1 aromatic rings. The first-order valence-electron chi connectivity index (χ1n) is 7.45. The number of halogens is 1. The number of methoxy groups -OCH3 is 1. The third-order valence-electron chi connectivity index (χ3n) is 3.85. The highest BCUT2D eigenvalue weighted by atomic mass is 79.9. The van der Waals surface area contributed by atoms with Gasteiger partial charge in [0.15, 0.2) is 0 Å². The maximum Gasteiger partial charge on any atom is 0.244 e. The Bertz CT molecular complexity index is 795. The first-order chi connectivity index (χ1) is 11.1. The van der Waals surface area contributed by atoms with E-state index in [1.807, 2.05) is 0 Å². The van der Waals surface area contributed by atoms with Crippen LogP contribution < -0.4 is 14.2 Å². The monoisotopic (exact) mass is 440 g/mol. The number of sulfonamides is 2. The Labute approximate surface area is 151 Å². The highest BCUT2D eigenvalue weighted by molar-refractivity contribution is 9.10. The number of benzene rings is 1. The Morgan fingerprint density at radius 1 is 1.08 bits per heavy atom. The van der Waals surface area contributed by atoms with Gasteiger partial charge >= 0.3 is 0 Å². The minimum Gasteiger partial charge on any atom is -0.495 e. The zero-order valence-electron chi connectivity index (χ0n) is 13.5. The van der Waals surface area contributed by atoms with Crippen LogP contribution in [0.3, 0.4) is 0 Å². The highest BCUT2D eigenvalue weighted by Crippen LogP contribution is 2.28. The van der Waals surface area contributed by atoms with Gasteiger partial charge in [-0.3, -0.25) is 0 Å². The van der Waals surface area contributed by atoms with Crippen LogP contribution in [0.15, 0.2) is 27.6 Å². The van der Waals surface area contributed by atoms with Gasteiger partial charge in [-0.1, -0.05) is 28.8 Å². The van der Waals surface area contributed by atoms with Gasteiger partial charge < -0.3 is 4.74 Å². The number of nitrogens with one attached hydrogen (secondary N) is 2. The van der Waals surface area contributed by atoms with Crippen LogP contribution in [0.25, 0.3) is 0 Å². The minimum atomic E-state index is -3.85. The molecule has 2 atom stereocenters. The fraction of sp³-hybridized carbons (Fsp3) is 0.571. The average molecular weight is 441 g/mol. The maximum absolute atomic E-state index is 12.8. The largest absolute Gasteiger partial charge is 0.495 e. The van der Waals surface area contributed by atoms with Gasteiger partial charge in [0, 0.05) is 16.6 Å². The van der Waals surface area contributed by atoms with Gasteiger partial charge in [0.2, 0.25) is 20.0 Å². The van der Waals surface area contributed by atoms with E-state index < -0.39 is 32.1 Å². The van der Waals surface area contributed by atoms with E-state index in [9.17, 15) is 16.8 Å². The molecule has 1 aromatic carbocycles. The van der Waals surface area contributed by atoms with Gasteiger partial charge in [-0.05, 0) is 31.0 Å². The van der Waals surface area contributed by atoms with Crippen molar-refractivity contribution in [2.24, 2.45) is 0 Å². The molecule has 0 spiro atoms. The summed E-state index contributed by atoms with van der Waals surface area (Å²) in [5.74, 6) is 0.231. The topological polar surface area (TPSA) is 102 Å². The summed E-state index contributed by atoms with van der Waals surface area (Å²) in [6.07, 6.45) is 3.93. The van der Waals surface area contributed by atoms with Crippen molar-refractivity contribution in [3.63, 3.8) is 0 Å². The van der Waals surface area contributed by atoms with Crippen LogP contribution in [0.1, 0.15) is 25.7 Å². The summed E-state index contributed by atoms with van der Waals surface area (Å²) in [5.41, 5.74) is 0. The molecule has 136 valence electrons. The molecule has 0 saturated heterocycles. The molecule has 0 aromatic heterocycles. The lowest BCUT2D eigenvalue weighted by Crippen LogP contribution is -2.52. The molecule has 10 heteroatoms. The molecule has 0 unspecified atom stereocenters. The van der Waals surface area contributed by atoms with Crippen LogP contribution in [-0.4, -0.2) is 42.3 Å². The third kappa shape index (κ3) is 5.16. The number of rotatable bonds is 6. The molecule has 1 fully saturated rings. The van der Waals surface area contributed by atoms with E-state index in [0.29, 0.717) is 17.3 Å². The maximum atomic E-state index is 12.8. The van der Waals surface area contributed by atoms with Crippen molar-refractivity contribution in [3.8, 4) is 5.75 Å². The Morgan fingerprint density at radius 3 is 2.21 bits per heavy atom. The van der Waals surface area contributed by atoms with Crippen molar-refractivity contribution in [1.82, 2.24) is 9.44 Å². The molecule has 0 amide bonds. The van der Waals surface area contributed by atoms with E-state index in [4.69, 9.17) is 4.74 Å². The summed E-state index contributed by atoms with van der Waals surface area (Å²) in [4.78, 5) is 0.0167. The summed E-state index contributed by atoms with van der Waals surface area (Å²) in [5, 5.41) is 0. The van der Waals surface area contributed by atoms with Crippen molar-refractivity contribution < 1.29 is 21.6 Å². The molecular formula is C14H21BrN2O5S2. The lowest BCUT2D eigenvalue weighted by molar-refractivity contribution is 0.340. The quantitative estimate of drug-likeness (QED) is 0.699. The van der Waals surface area contributed by atoms with Crippen molar-refractivity contribution in [1.29, 1.82) is 0 Å². The average Bonchev–Trinajstić information content (AvgIpc) is 2.47. The molecule has 0 heterocycles. The summed E-state index contributed by atoms with van der Waals surface area (Å²) in [6.45, 7) is 0. The Morgan fingerprint density at radius 2 is 1.67 bits per heavy atom. The van der Waals surface area contributed by atoms with E-state index in [-0.39, 0.29) is 10.6 Å². The van der Waals surface area contributed by atoms with Crippen molar-refractivity contribution in [3.05, 3.63) is 22.7 Å². The Hall–Kier alpha value is -0.680. The van der Waals surface area contributed by atoms with Crippen molar-refractivity contribution >= 4 is 36.0 Å². The molecule has 1 saturated carbocycles. The summed E-state index contributed by atoms with van der Waals surface area (Å²) >= 11 is 3.26. The van der Waals surface area contributed by atoms with E-state index in [2.05, 4.69) is 25.4 Å². The fourth-order valence-corrected chi connectivity index (χ4v) is 5.66. The van der Waals surface area contributed by atoms with Gasteiger partial charge in [0.1, 0.15) is 10.6 Å². The van der Waals surface area contributed by atoms with E-state index in [0.717, 1.165) is 19.1 Å². The second-order valence-corrected chi connectivity index (χ2v) is 10.2. The Balaban J connectivity index is 2.28. The highest BCUT2D eigenvalue weighted by Gasteiger charge is 2.32. The van der Waals surface area contributed by atoms with Crippen molar-refractivity contribution in [2.45, 2.75) is 42.7 Å².